The lowest BCUT2D eigenvalue weighted by atomic mass is 10.2. The maximum Gasteiger partial charge on any atom is 0.217 e. The second-order valence-electron chi connectivity index (χ2n) is 4.32. The van der Waals surface area contributed by atoms with E-state index in [2.05, 4.69) is 4.72 Å². The van der Waals surface area contributed by atoms with E-state index < -0.39 is 10.0 Å². The van der Waals surface area contributed by atoms with Gasteiger partial charge in [0.2, 0.25) is 15.9 Å². The number of nitrogen functional groups attached to an aromatic ring is 1. The first kappa shape index (κ1) is 15.5. The molecule has 0 unspecified atom stereocenters. The number of hydrogen-bond donors (Lipinski definition) is 3. The van der Waals surface area contributed by atoms with Crippen molar-refractivity contribution in [1.82, 2.24) is 4.72 Å². The zero-order valence-electron chi connectivity index (χ0n) is 10.6. The van der Waals surface area contributed by atoms with E-state index in [0.717, 1.165) is 0 Å². The van der Waals surface area contributed by atoms with E-state index in [1.165, 1.54) is 0 Å². The third-order valence-corrected chi connectivity index (χ3v) is 3.84. The molecule has 0 saturated heterocycles. The minimum atomic E-state index is -3.37. The molecule has 0 radical (unpaired) electrons. The molecule has 1 rings (SSSR count). The van der Waals surface area contributed by atoms with Gasteiger partial charge in [-0.15, -0.1) is 0 Å². The number of hydrogen-bond acceptors (Lipinski definition) is 4. The van der Waals surface area contributed by atoms with Gasteiger partial charge in [-0.3, -0.25) is 4.79 Å². The van der Waals surface area contributed by atoms with Gasteiger partial charge in [-0.1, -0.05) is 12.1 Å². The van der Waals surface area contributed by atoms with Gasteiger partial charge in [-0.25, -0.2) is 13.1 Å². The predicted octanol–water partition coefficient (Wildman–Crippen LogP) is 0.344. The molecule has 0 aromatic heterocycles. The Morgan fingerprint density at radius 2 is 2.00 bits per heavy atom. The lowest BCUT2D eigenvalue weighted by molar-refractivity contribution is -0.118. The summed E-state index contributed by atoms with van der Waals surface area (Å²) < 4.78 is 26.0. The molecule has 0 spiro atoms. The number of sulfonamides is 1. The van der Waals surface area contributed by atoms with E-state index in [9.17, 15) is 13.2 Å². The molecular weight excluding hydrogens is 266 g/mol. The number of rotatable bonds is 8. The second-order valence-corrected chi connectivity index (χ2v) is 6.13. The van der Waals surface area contributed by atoms with Crippen molar-refractivity contribution < 1.29 is 13.2 Å². The lowest BCUT2D eigenvalue weighted by Crippen LogP contribution is -2.26. The van der Waals surface area contributed by atoms with Crippen molar-refractivity contribution in [3.8, 4) is 0 Å². The molecule has 1 aromatic carbocycles. The summed E-state index contributed by atoms with van der Waals surface area (Å²) in [5.41, 5.74) is 11.8. The number of nitrogens with two attached hydrogens (primary N) is 2. The van der Waals surface area contributed by atoms with Gasteiger partial charge in [0.05, 0.1) is 5.75 Å². The minimum Gasteiger partial charge on any atom is -0.399 e. The van der Waals surface area contributed by atoms with Crippen molar-refractivity contribution >= 4 is 21.6 Å². The van der Waals surface area contributed by atoms with Crippen molar-refractivity contribution in [2.45, 2.75) is 25.0 Å². The van der Waals surface area contributed by atoms with Crippen molar-refractivity contribution in [3.63, 3.8) is 0 Å². The molecule has 0 atom stereocenters. The fourth-order valence-electron chi connectivity index (χ4n) is 1.61. The first-order valence-corrected chi connectivity index (χ1v) is 7.64. The summed E-state index contributed by atoms with van der Waals surface area (Å²) in [5, 5.41) is 0. The van der Waals surface area contributed by atoms with E-state index in [-0.39, 0.29) is 18.1 Å². The van der Waals surface area contributed by atoms with Gasteiger partial charge in [-0.05, 0) is 30.5 Å². The van der Waals surface area contributed by atoms with Crippen molar-refractivity contribution in [2.75, 3.05) is 12.3 Å². The van der Waals surface area contributed by atoms with Crippen LogP contribution in [0.3, 0.4) is 0 Å². The van der Waals surface area contributed by atoms with E-state index in [0.29, 0.717) is 30.6 Å². The maximum absolute atomic E-state index is 11.8. The Morgan fingerprint density at radius 3 is 2.63 bits per heavy atom. The Hall–Kier alpha value is -1.60. The Morgan fingerprint density at radius 1 is 1.26 bits per heavy atom. The summed E-state index contributed by atoms with van der Waals surface area (Å²) in [5.74, 6) is -0.476. The number of benzene rings is 1. The highest BCUT2D eigenvalue weighted by molar-refractivity contribution is 7.88. The Balaban J connectivity index is 2.38. The molecule has 7 heteroatoms. The fourth-order valence-corrected chi connectivity index (χ4v) is 2.78. The predicted molar refractivity (Wildman–Crippen MR) is 74.5 cm³/mol. The molecule has 6 nitrogen and oxygen atoms in total. The quantitative estimate of drug-likeness (QED) is 0.472. The van der Waals surface area contributed by atoms with Gasteiger partial charge in [0.1, 0.15) is 0 Å². The molecule has 1 aromatic rings. The van der Waals surface area contributed by atoms with Gasteiger partial charge in [0, 0.05) is 18.7 Å². The molecule has 0 aliphatic carbocycles. The SMILES string of the molecule is NC(=O)CCCCNS(=O)(=O)Cc1cccc(N)c1. The highest BCUT2D eigenvalue weighted by atomic mass is 32.2. The van der Waals surface area contributed by atoms with Crippen LogP contribution in [0.4, 0.5) is 5.69 Å². The Labute approximate surface area is 113 Å². The molecule has 5 N–H and O–H groups in total. The van der Waals surface area contributed by atoms with Crippen molar-refractivity contribution in [3.05, 3.63) is 29.8 Å². The summed E-state index contributed by atoms with van der Waals surface area (Å²) >= 11 is 0. The van der Waals surface area contributed by atoms with E-state index in [1.807, 2.05) is 0 Å². The van der Waals surface area contributed by atoms with Crippen LogP contribution in [0.2, 0.25) is 0 Å². The largest absolute Gasteiger partial charge is 0.399 e. The van der Waals surface area contributed by atoms with Gasteiger partial charge < -0.3 is 11.5 Å². The third-order valence-electron chi connectivity index (χ3n) is 2.48. The minimum absolute atomic E-state index is 0.103. The van der Waals surface area contributed by atoms with Gasteiger partial charge in [0.25, 0.3) is 0 Å². The van der Waals surface area contributed by atoms with Crippen molar-refractivity contribution in [1.29, 1.82) is 0 Å². The monoisotopic (exact) mass is 285 g/mol. The first-order valence-electron chi connectivity index (χ1n) is 5.99. The number of amides is 1. The van der Waals surface area contributed by atoms with Crippen LogP contribution in [0.5, 0.6) is 0 Å². The lowest BCUT2D eigenvalue weighted by Gasteiger charge is -2.07. The number of anilines is 1. The summed E-state index contributed by atoms with van der Waals surface area (Å²) in [6.45, 7) is 0.304. The summed E-state index contributed by atoms with van der Waals surface area (Å²) in [6.07, 6.45) is 1.44. The van der Waals surface area contributed by atoms with Gasteiger partial charge >= 0.3 is 0 Å². The zero-order valence-corrected chi connectivity index (χ0v) is 11.4. The molecule has 0 heterocycles. The van der Waals surface area contributed by atoms with Gasteiger partial charge in [-0.2, -0.15) is 0 Å². The topological polar surface area (TPSA) is 115 Å². The van der Waals surface area contributed by atoms with Crippen molar-refractivity contribution in [2.24, 2.45) is 5.73 Å². The third kappa shape index (κ3) is 6.78. The number of carbonyl (C=O) groups is 1. The summed E-state index contributed by atoms with van der Waals surface area (Å²) in [4.78, 5) is 10.5. The molecule has 0 fully saturated rings. The van der Waals surface area contributed by atoms with E-state index in [1.54, 1.807) is 24.3 Å². The molecule has 1 amide bonds. The van der Waals surface area contributed by atoms with Crippen LogP contribution in [0.1, 0.15) is 24.8 Å². The van der Waals surface area contributed by atoms with E-state index in [4.69, 9.17) is 11.5 Å². The summed E-state index contributed by atoms with van der Waals surface area (Å²) in [6, 6.07) is 6.76. The molecule has 0 aliphatic heterocycles. The normalized spacial score (nSPS) is 11.4. The molecule has 106 valence electrons. The Kier molecular flexibility index (Phi) is 5.78. The van der Waals surface area contributed by atoms with Crippen LogP contribution in [0.15, 0.2) is 24.3 Å². The highest BCUT2D eigenvalue weighted by Gasteiger charge is 2.10. The van der Waals surface area contributed by atoms with Crippen LogP contribution in [0, 0.1) is 0 Å². The van der Waals surface area contributed by atoms with Crippen LogP contribution in [0.25, 0.3) is 0 Å². The van der Waals surface area contributed by atoms with Crippen LogP contribution >= 0.6 is 0 Å². The second kappa shape index (κ2) is 7.10. The fraction of sp³-hybridized carbons (Fsp3) is 0.417. The average molecular weight is 285 g/mol. The highest BCUT2D eigenvalue weighted by Crippen LogP contribution is 2.09. The number of nitrogens with one attached hydrogen (secondary N) is 1. The van der Waals surface area contributed by atoms with Crippen LogP contribution in [-0.4, -0.2) is 20.9 Å². The first-order chi connectivity index (χ1) is 8.89. The van der Waals surface area contributed by atoms with Crippen LogP contribution in [-0.2, 0) is 20.6 Å². The smallest absolute Gasteiger partial charge is 0.217 e. The average Bonchev–Trinajstić information content (AvgIpc) is 2.27. The molecule has 19 heavy (non-hydrogen) atoms. The standard InChI is InChI=1S/C12H19N3O3S/c13-11-5-3-4-10(8-11)9-19(17,18)15-7-2-1-6-12(14)16/h3-5,8,15H,1-2,6-7,9,13H2,(H2,14,16). The molecule has 0 saturated carbocycles. The summed E-state index contributed by atoms with van der Waals surface area (Å²) in [7, 11) is -3.37. The number of unbranched alkanes of at least 4 members (excludes halogenated alkanes) is 1. The molecular formula is C12H19N3O3S. The Bertz CT molecular complexity index is 529. The van der Waals surface area contributed by atoms with E-state index >= 15 is 0 Å². The van der Waals surface area contributed by atoms with Gasteiger partial charge in [0.15, 0.2) is 0 Å². The maximum atomic E-state index is 11.8. The number of primary amides is 1. The zero-order chi connectivity index (χ0) is 14.3. The van der Waals surface area contributed by atoms with Crippen LogP contribution < -0.4 is 16.2 Å². The molecule has 0 bridgehead atoms. The molecule has 0 aliphatic rings. The number of carbonyl (C=O) groups excluding carboxylic acids is 1.